The number of rotatable bonds is 7. The lowest BCUT2D eigenvalue weighted by Crippen LogP contribution is -2.58. The van der Waals surface area contributed by atoms with Gasteiger partial charge < -0.3 is 23.7 Å². The quantitative estimate of drug-likeness (QED) is 0.357. The van der Waals surface area contributed by atoms with Crippen molar-refractivity contribution in [2.45, 2.75) is 52.3 Å². The van der Waals surface area contributed by atoms with Gasteiger partial charge in [-0.25, -0.2) is 14.4 Å². The predicted molar refractivity (Wildman–Crippen MR) is 95.6 cm³/mol. The molecule has 0 aromatic rings. The summed E-state index contributed by atoms with van der Waals surface area (Å²) in [7, 11) is 0. The Morgan fingerprint density at radius 3 is 1.57 bits per heavy atom. The molecule has 1 aliphatic rings. The average Bonchev–Trinajstić information content (AvgIpc) is 2.58. The molecule has 0 aromatic carbocycles. The molecule has 0 aliphatic carbocycles. The van der Waals surface area contributed by atoms with Crippen molar-refractivity contribution in [1.29, 1.82) is 0 Å². The van der Waals surface area contributed by atoms with E-state index in [1.54, 1.807) is 0 Å². The zero-order valence-electron chi connectivity index (χ0n) is 16.3. The number of carbonyl (C=O) groups is 4. The van der Waals surface area contributed by atoms with Gasteiger partial charge in [0, 0.05) is 23.6 Å². The van der Waals surface area contributed by atoms with Crippen molar-refractivity contribution in [1.82, 2.24) is 0 Å². The second-order valence-electron chi connectivity index (χ2n) is 6.34. The fraction of sp³-hybridized carbons (Fsp3) is 0.474. The molecule has 0 aromatic heterocycles. The molecular weight excluding hydrogens is 372 g/mol. The summed E-state index contributed by atoms with van der Waals surface area (Å²) >= 11 is 0. The molecule has 0 amide bonds. The summed E-state index contributed by atoms with van der Waals surface area (Å²) in [5, 5.41) is 0. The average molecular weight is 396 g/mol. The first-order valence-corrected chi connectivity index (χ1v) is 8.32. The molecule has 9 heteroatoms. The molecule has 1 aliphatic heterocycles. The summed E-state index contributed by atoms with van der Waals surface area (Å²) in [4.78, 5) is 47.4. The van der Waals surface area contributed by atoms with Crippen molar-refractivity contribution < 1.29 is 42.9 Å². The summed E-state index contributed by atoms with van der Waals surface area (Å²) in [6, 6.07) is 0. The van der Waals surface area contributed by atoms with Gasteiger partial charge in [-0.3, -0.25) is 4.79 Å². The van der Waals surface area contributed by atoms with Crippen LogP contribution in [0.4, 0.5) is 0 Å². The van der Waals surface area contributed by atoms with Crippen molar-refractivity contribution in [3.05, 3.63) is 36.5 Å². The Morgan fingerprint density at radius 1 is 0.714 bits per heavy atom. The molecular formula is C19H24O9. The SMILES string of the molecule is C=C(C)C(=O)O[C@H]1[C@H](OC(=O)C(=C)C)C(OC(C)=O)OC[C@H]1OC(=O)C(=C)C. The van der Waals surface area contributed by atoms with Crippen LogP contribution in [0.15, 0.2) is 36.5 Å². The topological polar surface area (TPSA) is 114 Å². The zero-order chi connectivity index (χ0) is 21.6. The van der Waals surface area contributed by atoms with E-state index in [9.17, 15) is 19.2 Å². The molecule has 0 spiro atoms. The Balaban J connectivity index is 3.26. The van der Waals surface area contributed by atoms with Crippen LogP contribution in [0, 0.1) is 0 Å². The van der Waals surface area contributed by atoms with Crippen molar-refractivity contribution in [2.24, 2.45) is 0 Å². The van der Waals surface area contributed by atoms with Crippen molar-refractivity contribution in [3.63, 3.8) is 0 Å². The number of esters is 4. The number of hydrogen-bond donors (Lipinski definition) is 0. The van der Waals surface area contributed by atoms with Crippen LogP contribution in [-0.4, -0.2) is 55.1 Å². The van der Waals surface area contributed by atoms with E-state index < -0.39 is 48.5 Å². The van der Waals surface area contributed by atoms with Gasteiger partial charge in [-0.05, 0) is 20.8 Å². The van der Waals surface area contributed by atoms with Gasteiger partial charge in [0.1, 0.15) is 0 Å². The molecule has 1 saturated heterocycles. The fourth-order valence-corrected chi connectivity index (χ4v) is 2.06. The Hall–Kier alpha value is -2.94. The van der Waals surface area contributed by atoms with Crippen LogP contribution in [-0.2, 0) is 42.9 Å². The summed E-state index contributed by atoms with van der Waals surface area (Å²) in [5.41, 5.74) is 0.209. The minimum absolute atomic E-state index is 0.0487. The van der Waals surface area contributed by atoms with E-state index in [1.165, 1.54) is 20.8 Å². The highest BCUT2D eigenvalue weighted by Gasteiger charge is 2.49. The summed E-state index contributed by atoms with van der Waals surface area (Å²) in [5.74, 6) is -3.14. The van der Waals surface area contributed by atoms with Crippen molar-refractivity contribution >= 4 is 23.9 Å². The molecule has 1 heterocycles. The van der Waals surface area contributed by atoms with Gasteiger partial charge in [-0.15, -0.1) is 0 Å². The van der Waals surface area contributed by atoms with Gasteiger partial charge >= 0.3 is 23.9 Å². The van der Waals surface area contributed by atoms with E-state index in [4.69, 9.17) is 23.7 Å². The maximum absolute atomic E-state index is 12.1. The molecule has 0 N–H and O–H groups in total. The molecule has 0 bridgehead atoms. The monoisotopic (exact) mass is 396 g/mol. The van der Waals surface area contributed by atoms with Gasteiger partial charge in [0.25, 0.3) is 0 Å². The Labute approximate surface area is 162 Å². The lowest BCUT2D eigenvalue weighted by Gasteiger charge is -2.40. The van der Waals surface area contributed by atoms with Gasteiger partial charge in [0.15, 0.2) is 12.2 Å². The predicted octanol–water partition coefficient (Wildman–Crippen LogP) is 1.37. The largest absolute Gasteiger partial charge is 0.452 e. The van der Waals surface area contributed by atoms with E-state index in [0.717, 1.165) is 6.92 Å². The minimum atomic E-state index is -1.41. The molecule has 4 atom stereocenters. The lowest BCUT2D eigenvalue weighted by molar-refractivity contribution is -0.272. The van der Waals surface area contributed by atoms with Crippen molar-refractivity contribution in [3.8, 4) is 0 Å². The Bertz CT molecular complexity index is 706. The normalized spacial score (nSPS) is 23.7. The van der Waals surface area contributed by atoms with E-state index in [0.29, 0.717) is 0 Å². The van der Waals surface area contributed by atoms with E-state index in [1.807, 2.05) is 0 Å². The second-order valence-corrected chi connectivity index (χ2v) is 6.34. The Kier molecular flexibility index (Phi) is 8.12. The molecule has 1 rings (SSSR count). The second kappa shape index (κ2) is 9.84. The van der Waals surface area contributed by atoms with Crippen LogP contribution in [0.2, 0.25) is 0 Å². The highest BCUT2D eigenvalue weighted by Crippen LogP contribution is 2.26. The molecule has 154 valence electrons. The van der Waals surface area contributed by atoms with E-state index >= 15 is 0 Å². The first kappa shape index (κ1) is 23.1. The minimum Gasteiger partial charge on any atom is -0.452 e. The van der Waals surface area contributed by atoms with Crippen LogP contribution in [0.1, 0.15) is 27.7 Å². The third-order valence-corrected chi connectivity index (χ3v) is 3.46. The van der Waals surface area contributed by atoms with Gasteiger partial charge in [0.05, 0.1) is 6.61 Å². The highest BCUT2D eigenvalue weighted by molar-refractivity contribution is 5.88. The van der Waals surface area contributed by atoms with Gasteiger partial charge in [-0.2, -0.15) is 0 Å². The third kappa shape index (κ3) is 6.34. The number of hydrogen-bond acceptors (Lipinski definition) is 9. The first-order valence-electron chi connectivity index (χ1n) is 8.32. The first-order chi connectivity index (χ1) is 12.9. The molecule has 0 radical (unpaired) electrons. The van der Waals surface area contributed by atoms with Crippen LogP contribution in [0.25, 0.3) is 0 Å². The molecule has 1 unspecified atom stereocenters. The molecule has 28 heavy (non-hydrogen) atoms. The maximum Gasteiger partial charge on any atom is 0.333 e. The highest BCUT2D eigenvalue weighted by atomic mass is 16.7. The maximum atomic E-state index is 12.1. The van der Waals surface area contributed by atoms with Crippen LogP contribution < -0.4 is 0 Å². The standard InChI is InChI=1S/C19H24O9/c1-9(2)16(21)26-13-8-24-19(25-12(7)20)15(28-18(23)11(5)6)14(13)27-17(22)10(3)4/h13-15,19H,1,3,5,8H2,2,4,6-7H3/t13-,14-,15+,19?/m1/s1. The number of ether oxygens (including phenoxy) is 5. The molecule has 9 nitrogen and oxygen atoms in total. The smallest absolute Gasteiger partial charge is 0.333 e. The van der Waals surface area contributed by atoms with Crippen molar-refractivity contribution in [2.75, 3.05) is 6.61 Å². The fourth-order valence-electron chi connectivity index (χ4n) is 2.06. The Morgan fingerprint density at radius 2 is 1.14 bits per heavy atom. The summed E-state index contributed by atoms with van der Waals surface area (Å²) < 4.78 is 26.2. The zero-order valence-corrected chi connectivity index (χ0v) is 16.3. The van der Waals surface area contributed by atoms with Crippen LogP contribution in [0.5, 0.6) is 0 Å². The number of carbonyl (C=O) groups excluding carboxylic acids is 4. The van der Waals surface area contributed by atoms with E-state index in [2.05, 4.69) is 19.7 Å². The lowest BCUT2D eigenvalue weighted by atomic mass is 10.0. The van der Waals surface area contributed by atoms with Gasteiger partial charge in [-0.1, -0.05) is 19.7 Å². The molecule has 1 fully saturated rings. The van der Waals surface area contributed by atoms with E-state index in [-0.39, 0.29) is 23.3 Å². The van der Waals surface area contributed by atoms with Gasteiger partial charge in [0.2, 0.25) is 12.4 Å². The summed E-state index contributed by atoms with van der Waals surface area (Å²) in [6.45, 7) is 15.5. The van der Waals surface area contributed by atoms with Crippen LogP contribution in [0.3, 0.4) is 0 Å². The van der Waals surface area contributed by atoms with Crippen LogP contribution >= 0.6 is 0 Å². The summed E-state index contributed by atoms with van der Waals surface area (Å²) in [6.07, 6.45) is -5.27. The third-order valence-electron chi connectivity index (χ3n) is 3.46. The molecule has 0 saturated carbocycles.